The third kappa shape index (κ3) is 3.85. The molecule has 0 saturated carbocycles. The fraction of sp³-hybridized carbons (Fsp3) is 0.0638. The number of hydrogen-bond acceptors (Lipinski definition) is 1. The average molecular weight is 613 g/mol. The molecule has 9 aromatic rings. The molecule has 0 bridgehead atoms. The Kier molecular flexibility index (Phi) is 5.69. The van der Waals surface area contributed by atoms with Crippen LogP contribution in [-0.2, 0) is 5.41 Å². The van der Waals surface area contributed by atoms with Crippen LogP contribution in [0.5, 0.6) is 0 Å². The van der Waals surface area contributed by atoms with Gasteiger partial charge in [0, 0.05) is 16.2 Å². The van der Waals surface area contributed by atoms with Crippen LogP contribution in [0.15, 0.2) is 162 Å². The molecule has 226 valence electrons. The van der Waals surface area contributed by atoms with Crippen molar-refractivity contribution >= 4 is 43.5 Å². The monoisotopic (exact) mass is 612 g/mol. The number of hydrogen-bond donors (Lipinski definition) is 0. The molecule has 0 aliphatic heterocycles. The molecular formula is C47H32O. The molecule has 1 heteroatoms. The van der Waals surface area contributed by atoms with E-state index >= 15 is 0 Å². The summed E-state index contributed by atoms with van der Waals surface area (Å²) in [5.41, 5.74) is 14.6. The fourth-order valence-corrected chi connectivity index (χ4v) is 8.34. The van der Waals surface area contributed by atoms with Gasteiger partial charge in [-0.15, -0.1) is 0 Å². The van der Waals surface area contributed by atoms with Gasteiger partial charge in [0.1, 0.15) is 11.2 Å². The molecule has 10 rings (SSSR count). The summed E-state index contributed by atoms with van der Waals surface area (Å²) < 4.78 is 6.31. The number of para-hydroxylation sites is 1. The Morgan fingerprint density at radius 3 is 1.60 bits per heavy atom. The summed E-state index contributed by atoms with van der Waals surface area (Å²) >= 11 is 0. The minimum Gasteiger partial charge on any atom is -0.456 e. The maximum atomic E-state index is 6.31. The molecule has 1 aromatic heterocycles. The van der Waals surface area contributed by atoms with Crippen molar-refractivity contribution in [1.29, 1.82) is 0 Å². The highest BCUT2D eigenvalue weighted by Gasteiger charge is 2.36. The molecule has 0 amide bonds. The Morgan fingerprint density at radius 2 is 0.896 bits per heavy atom. The lowest BCUT2D eigenvalue weighted by molar-refractivity contribution is 0.647. The lowest BCUT2D eigenvalue weighted by Gasteiger charge is -2.22. The van der Waals surface area contributed by atoms with Gasteiger partial charge in [0.15, 0.2) is 0 Å². The number of rotatable bonds is 3. The van der Waals surface area contributed by atoms with Crippen molar-refractivity contribution in [3.8, 4) is 44.5 Å². The van der Waals surface area contributed by atoms with Crippen LogP contribution >= 0.6 is 0 Å². The Bertz CT molecular complexity index is 2690. The lowest BCUT2D eigenvalue weighted by atomic mass is 9.81. The average Bonchev–Trinajstić information content (AvgIpc) is 3.61. The standard InChI is InChI=1S/C47H32O/c1-47(2)41-26-31(23-24-33(41)39-27-40-34-17-10-11-22-43(34)48-44(40)28-42(39)47)30-15-12-16-32(25-30)46-37-20-8-6-18-35(37)45(29-13-4-3-5-14-29)36-19-7-9-21-38(36)46/h3-28H,1-2H3. The van der Waals surface area contributed by atoms with E-state index in [0.29, 0.717) is 0 Å². The van der Waals surface area contributed by atoms with E-state index in [0.717, 1.165) is 11.2 Å². The first kappa shape index (κ1) is 27.2. The van der Waals surface area contributed by atoms with Crippen LogP contribution < -0.4 is 0 Å². The predicted octanol–water partition coefficient (Wildman–Crippen LogP) is 13.2. The summed E-state index contributed by atoms with van der Waals surface area (Å²) in [7, 11) is 0. The number of benzene rings is 8. The zero-order valence-corrected chi connectivity index (χ0v) is 26.9. The maximum Gasteiger partial charge on any atom is 0.135 e. The summed E-state index contributed by atoms with van der Waals surface area (Å²) in [6.45, 7) is 4.69. The molecule has 0 atom stereocenters. The number of furan rings is 1. The van der Waals surface area contributed by atoms with Crippen LogP contribution in [0.4, 0.5) is 0 Å². The quantitative estimate of drug-likeness (QED) is 0.181. The first-order chi connectivity index (χ1) is 23.6. The van der Waals surface area contributed by atoms with Gasteiger partial charge >= 0.3 is 0 Å². The van der Waals surface area contributed by atoms with Gasteiger partial charge in [0.05, 0.1) is 0 Å². The van der Waals surface area contributed by atoms with Crippen LogP contribution in [0.3, 0.4) is 0 Å². The second kappa shape index (κ2) is 10.0. The third-order valence-electron chi connectivity index (χ3n) is 10.7. The van der Waals surface area contributed by atoms with Crippen molar-refractivity contribution in [1.82, 2.24) is 0 Å². The SMILES string of the molecule is CC1(C)c2cc(-c3cccc(-c4c5ccccc5c(-c5ccccc5)c5ccccc45)c3)ccc2-c2cc3c(cc21)oc1ccccc13. The van der Waals surface area contributed by atoms with Crippen molar-refractivity contribution in [2.75, 3.05) is 0 Å². The Morgan fingerprint density at radius 1 is 0.354 bits per heavy atom. The molecule has 0 saturated heterocycles. The predicted molar refractivity (Wildman–Crippen MR) is 203 cm³/mol. The molecule has 1 heterocycles. The Hall–Kier alpha value is -5.92. The summed E-state index contributed by atoms with van der Waals surface area (Å²) in [5.74, 6) is 0. The van der Waals surface area contributed by atoms with Crippen molar-refractivity contribution in [2.45, 2.75) is 19.3 Å². The van der Waals surface area contributed by atoms with Gasteiger partial charge in [0.25, 0.3) is 0 Å². The molecule has 1 aliphatic carbocycles. The smallest absolute Gasteiger partial charge is 0.135 e. The third-order valence-corrected chi connectivity index (χ3v) is 10.7. The Labute approximate surface area is 279 Å². The van der Waals surface area contributed by atoms with Gasteiger partial charge in [-0.05, 0) is 108 Å². The van der Waals surface area contributed by atoms with E-state index in [9.17, 15) is 0 Å². The summed E-state index contributed by atoms with van der Waals surface area (Å²) in [5, 5.41) is 7.45. The molecule has 8 aromatic carbocycles. The summed E-state index contributed by atoms with van der Waals surface area (Å²) in [6.07, 6.45) is 0. The van der Waals surface area contributed by atoms with E-state index in [1.165, 1.54) is 88.0 Å². The van der Waals surface area contributed by atoms with E-state index in [1.807, 2.05) is 6.07 Å². The molecule has 0 unspecified atom stereocenters. The summed E-state index contributed by atoms with van der Waals surface area (Å²) in [6, 6.07) is 57.7. The molecule has 0 spiro atoms. The molecule has 1 aliphatic rings. The highest BCUT2D eigenvalue weighted by atomic mass is 16.3. The molecule has 48 heavy (non-hydrogen) atoms. The van der Waals surface area contributed by atoms with Crippen LogP contribution in [0.25, 0.3) is 88.0 Å². The van der Waals surface area contributed by atoms with E-state index in [4.69, 9.17) is 4.42 Å². The van der Waals surface area contributed by atoms with Gasteiger partial charge in [-0.1, -0.05) is 141 Å². The van der Waals surface area contributed by atoms with E-state index < -0.39 is 0 Å². The summed E-state index contributed by atoms with van der Waals surface area (Å²) in [4.78, 5) is 0. The van der Waals surface area contributed by atoms with Gasteiger partial charge < -0.3 is 4.42 Å². The van der Waals surface area contributed by atoms with E-state index in [-0.39, 0.29) is 5.41 Å². The van der Waals surface area contributed by atoms with Crippen LogP contribution in [0, 0.1) is 0 Å². The van der Waals surface area contributed by atoms with Gasteiger partial charge in [0.2, 0.25) is 0 Å². The normalized spacial score (nSPS) is 13.4. The molecule has 0 N–H and O–H groups in total. The fourth-order valence-electron chi connectivity index (χ4n) is 8.34. The first-order valence-corrected chi connectivity index (χ1v) is 16.8. The highest BCUT2D eigenvalue weighted by molar-refractivity contribution is 6.21. The van der Waals surface area contributed by atoms with Crippen LogP contribution in [0.1, 0.15) is 25.0 Å². The second-order valence-corrected chi connectivity index (χ2v) is 13.7. The van der Waals surface area contributed by atoms with E-state index in [1.54, 1.807) is 0 Å². The minimum atomic E-state index is -0.148. The van der Waals surface area contributed by atoms with Crippen molar-refractivity contribution in [3.05, 3.63) is 169 Å². The van der Waals surface area contributed by atoms with Crippen LogP contribution in [-0.4, -0.2) is 0 Å². The zero-order chi connectivity index (χ0) is 32.0. The topological polar surface area (TPSA) is 13.1 Å². The molecule has 1 nitrogen and oxygen atoms in total. The van der Waals surface area contributed by atoms with Crippen molar-refractivity contribution < 1.29 is 4.42 Å². The zero-order valence-electron chi connectivity index (χ0n) is 26.9. The maximum absolute atomic E-state index is 6.31. The molecular weight excluding hydrogens is 581 g/mol. The van der Waals surface area contributed by atoms with Crippen LogP contribution in [0.2, 0.25) is 0 Å². The number of fused-ring (bicyclic) bond motifs is 8. The second-order valence-electron chi connectivity index (χ2n) is 13.7. The van der Waals surface area contributed by atoms with E-state index in [2.05, 4.69) is 166 Å². The van der Waals surface area contributed by atoms with Crippen molar-refractivity contribution in [3.63, 3.8) is 0 Å². The van der Waals surface area contributed by atoms with Gasteiger partial charge in [-0.25, -0.2) is 0 Å². The van der Waals surface area contributed by atoms with Crippen molar-refractivity contribution in [2.24, 2.45) is 0 Å². The van der Waals surface area contributed by atoms with Gasteiger partial charge in [-0.2, -0.15) is 0 Å². The lowest BCUT2D eigenvalue weighted by Crippen LogP contribution is -2.15. The molecule has 0 fully saturated rings. The Balaban J connectivity index is 1.14. The largest absolute Gasteiger partial charge is 0.456 e. The van der Waals surface area contributed by atoms with Gasteiger partial charge in [-0.3, -0.25) is 0 Å². The first-order valence-electron chi connectivity index (χ1n) is 16.8. The minimum absolute atomic E-state index is 0.148. The molecule has 0 radical (unpaired) electrons. The highest BCUT2D eigenvalue weighted by Crippen LogP contribution is 2.52.